The molecule has 4 rings (SSSR count). The third kappa shape index (κ3) is 3.12. The summed E-state index contributed by atoms with van der Waals surface area (Å²) in [7, 11) is 1.63. The van der Waals surface area contributed by atoms with Crippen molar-refractivity contribution in [2.45, 2.75) is 19.9 Å². The van der Waals surface area contributed by atoms with Gasteiger partial charge in [-0.3, -0.25) is 19.1 Å². The van der Waals surface area contributed by atoms with Crippen LogP contribution in [0.5, 0.6) is 0 Å². The standard InChI is InChI=1S/C22H21N5O3/c1-14-18(22(30)25(3)27(14)17-12-8-5-9-13-17)19-21(29)23-20(24-26(19)15(2)28)16-10-6-4-7-11-16/h4-13,19H,1-3H3,(H,23,24,29). The van der Waals surface area contributed by atoms with Crippen LogP contribution < -0.4 is 10.9 Å². The first kappa shape index (κ1) is 19.4. The van der Waals surface area contributed by atoms with Crippen molar-refractivity contribution in [2.24, 2.45) is 12.1 Å². The molecule has 152 valence electrons. The molecular formula is C22H21N5O3. The molecule has 8 nitrogen and oxygen atoms in total. The third-order valence-corrected chi connectivity index (χ3v) is 5.12. The first-order valence-corrected chi connectivity index (χ1v) is 9.48. The van der Waals surface area contributed by atoms with Crippen LogP contribution in [0.4, 0.5) is 0 Å². The van der Waals surface area contributed by atoms with Crippen LogP contribution in [0, 0.1) is 6.92 Å². The van der Waals surface area contributed by atoms with Gasteiger partial charge in [0.1, 0.15) is 0 Å². The SMILES string of the molecule is CC(=O)N1N=C(c2ccccc2)NC(=O)C1c1c(C)n(-c2ccccc2)n(C)c1=O. The van der Waals surface area contributed by atoms with E-state index in [9.17, 15) is 14.4 Å². The molecule has 1 unspecified atom stereocenters. The summed E-state index contributed by atoms with van der Waals surface area (Å²) in [5.41, 5.74) is 1.87. The predicted octanol–water partition coefficient (Wildman–Crippen LogP) is 1.87. The van der Waals surface area contributed by atoms with E-state index in [-0.39, 0.29) is 17.0 Å². The number of hydrazone groups is 1. The lowest BCUT2D eigenvalue weighted by Gasteiger charge is -2.30. The van der Waals surface area contributed by atoms with Gasteiger partial charge in [0.2, 0.25) is 5.91 Å². The summed E-state index contributed by atoms with van der Waals surface area (Å²) in [5.74, 6) is -0.647. The fraction of sp³-hybridized carbons (Fsp3) is 0.182. The van der Waals surface area contributed by atoms with E-state index < -0.39 is 17.9 Å². The molecule has 0 radical (unpaired) electrons. The molecule has 2 amide bonds. The van der Waals surface area contributed by atoms with E-state index in [1.54, 1.807) is 30.8 Å². The zero-order valence-electron chi connectivity index (χ0n) is 16.9. The molecule has 0 bridgehead atoms. The monoisotopic (exact) mass is 403 g/mol. The number of para-hydroxylation sites is 1. The maximum absolute atomic E-state index is 13.1. The van der Waals surface area contributed by atoms with Crippen LogP contribution in [0.1, 0.15) is 29.8 Å². The summed E-state index contributed by atoms with van der Waals surface area (Å²) >= 11 is 0. The van der Waals surface area contributed by atoms with Gasteiger partial charge in [0, 0.05) is 25.2 Å². The molecule has 0 fully saturated rings. The van der Waals surface area contributed by atoms with E-state index >= 15 is 0 Å². The number of amidine groups is 1. The van der Waals surface area contributed by atoms with Crippen molar-refractivity contribution in [1.29, 1.82) is 0 Å². The average Bonchev–Trinajstić information content (AvgIpc) is 2.97. The van der Waals surface area contributed by atoms with Crippen molar-refractivity contribution in [3.8, 4) is 5.69 Å². The number of hydrogen-bond acceptors (Lipinski definition) is 4. The molecule has 0 aliphatic carbocycles. The Morgan fingerprint density at radius 1 is 1.00 bits per heavy atom. The number of hydrogen-bond donors (Lipinski definition) is 1. The van der Waals surface area contributed by atoms with Crippen molar-refractivity contribution in [3.05, 3.63) is 87.8 Å². The lowest BCUT2D eigenvalue weighted by Crippen LogP contribution is -2.50. The van der Waals surface area contributed by atoms with Crippen molar-refractivity contribution < 1.29 is 9.59 Å². The number of aromatic nitrogens is 2. The number of carbonyl (C=O) groups is 2. The Morgan fingerprint density at radius 2 is 1.60 bits per heavy atom. The highest BCUT2D eigenvalue weighted by Gasteiger charge is 2.39. The summed E-state index contributed by atoms with van der Waals surface area (Å²) in [6, 6.07) is 17.2. The van der Waals surface area contributed by atoms with E-state index in [1.807, 2.05) is 48.5 Å². The Bertz CT molecular complexity index is 1210. The fourth-order valence-corrected chi connectivity index (χ4v) is 3.73. The van der Waals surface area contributed by atoms with Crippen LogP contribution in [0.15, 0.2) is 70.6 Å². The molecule has 1 aliphatic heterocycles. The summed E-state index contributed by atoms with van der Waals surface area (Å²) in [6.45, 7) is 3.08. The summed E-state index contributed by atoms with van der Waals surface area (Å²) < 4.78 is 3.15. The third-order valence-electron chi connectivity index (χ3n) is 5.12. The van der Waals surface area contributed by atoms with Crippen molar-refractivity contribution in [1.82, 2.24) is 19.7 Å². The lowest BCUT2D eigenvalue weighted by molar-refractivity contribution is -0.139. The highest BCUT2D eigenvalue weighted by atomic mass is 16.2. The molecule has 30 heavy (non-hydrogen) atoms. The summed E-state index contributed by atoms with van der Waals surface area (Å²) in [4.78, 5) is 38.6. The molecule has 1 aliphatic rings. The van der Waals surface area contributed by atoms with Gasteiger partial charge in [-0.1, -0.05) is 48.5 Å². The minimum Gasteiger partial charge on any atom is -0.307 e. The Morgan fingerprint density at radius 3 is 2.20 bits per heavy atom. The number of nitrogens with one attached hydrogen (secondary N) is 1. The number of carbonyl (C=O) groups excluding carboxylic acids is 2. The van der Waals surface area contributed by atoms with Gasteiger partial charge in [-0.25, -0.2) is 9.69 Å². The number of benzene rings is 2. The Labute approximate surface area is 173 Å². The normalized spacial score (nSPS) is 16.2. The van der Waals surface area contributed by atoms with E-state index in [1.165, 1.54) is 11.6 Å². The highest BCUT2D eigenvalue weighted by Crippen LogP contribution is 2.27. The Balaban J connectivity index is 1.86. The average molecular weight is 403 g/mol. The number of rotatable bonds is 3. The second-order valence-corrected chi connectivity index (χ2v) is 7.05. The van der Waals surface area contributed by atoms with E-state index in [4.69, 9.17) is 0 Å². The maximum Gasteiger partial charge on any atom is 0.272 e. The van der Waals surface area contributed by atoms with Crippen LogP contribution >= 0.6 is 0 Å². The first-order valence-electron chi connectivity index (χ1n) is 9.48. The smallest absolute Gasteiger partial charge is 0.272 e. The molecule has 3 aromatic rings. The van der Waals surface area contributed by atoms with Gasteiger partial charge in [-0.2, -0.15) is 5.10 Å². The summed E-state index contributed by atoms with van der Waals surface area (Å²) in [5, 5.41) is 8.20. The zero-order valence-corrected chi connectivity index (χ0v) is 16.9. The minimum absolute atomic E-state index is 0.213. The largest absolute Gasteiger partial charge is 0.307 e. The quantitative estimate of drug-likeness (QED) is 0.724. The van der Waals surface area contributed by atoms with Crippen LogP contribution in [0.2, 0.25) is 0 Å². The lowest BCUT2D eigenvalue weighted by atomic mass is 10.0. The van der Waals surface area contributed by atoms with Gasteiger partial charge in [0.05, 0.1) is 11.3 Å². The number of amides is 2. The fourth-order valence-electron chi connectivity index (χ4n) is 3.73. The molecule has 2 aromatic carbocycles. The molecule has 2 heterocycles. The first-order chi connectivity index (χ1) is 14.4. The molecule has 1 N–H and O–H groups in total. The van der Waals surface area contributed by atoms with Gasteiger partial charge >= 0.3 is 0 Å². The van der Waals surface area contributed by atoms with E-state index in [2.05, 4.69) is 10.4 Å². The molecule has 8 heteroatoms. The molecule has 0 saturated carbocycles. The molecule has 0 saturated heterocycles. The van der Waals surface area contributed by atoms with Gasteiger partial charge in [-0.05, 0) is 19.1 Å². The topological polar surface area (TPSA) is 88.7 Å². The van der Waals surface area contributed by atoms with Gasteiger partial charge in [-0.15, -0.1) is 0 Å². The van der Waals surface area contributed by atoms with Crippen LogP contribution in [0.25, 0.3) is 5.69 Å². The second kappa shape index (κ2) is 7.47. The maximum atomic E-state index is 13.1. The van der Waals surface area contributed by atoms with Crippen molar-refractivity contribution >= 4 is 17.6 Å². The van der Waals surface area contributed by atoms with Crippen LogP contribution in [-0.4, -0.2) is 32.0 Å². The molecule has 1 atom stereocenters. The van der Waals surface area contributed by atoms with Crippen LogP contribution in [-0.2, 0) is 16.6 Å². The highest BCUT2D eigenvalue weighted by molar-refractivity contribution is 6.11. The molecular weight excluding hydrogens is 382 g/mol. The molecule has 1 aromatic heterocycles. The van der Waals surface area contributed by atoms with Crippen molar-refractivity contribution in [2.75, 3.05) is 0 Å². The van der Waals surface area contributed by atoms with E-state index in [0.29, 0.717) is 11.3 Å². The second-order valence-electron chi connectivity index (χ2n) is 7.05. The van der Waals surface area contributed by atoms with Gasteiger partial charge in [0.15, 0.2) is 11.9 Å². The van der Waals surface area contributed by atoms with Gasteiger partial charge in [0.25, 0.3) is 11.5 Å². The van der Waals surface area contributed by atoms with Crippen LogP contribution in [0.3, 0.4) is 0 Å². The predicted molar refractivity (Wildman–Crippen MR) is 112 cm³/mol. The number of nitrogens with zero attached hydrogens (tertiary/aromatic N) is 4. The minimum atomic E-state index is -1.15. The van der Waals surface area contributed by atoms with Crippen molar-refractivity contribution in [3.63, 3.8) is 0 Å². The summed E-state index contributed by atoms with van der Waals surface area (Å²) in [6.07, 6.45) is 0. The van der Waals surface area contributed by atoms with Gasteiger partial charge < -0.3 is 5.32 Å². The Kier molecular flexibility index (Phi) is 4.83. The zero-order chi connectivity index (χ0) is 21.4. The molecule has 0 spiro atoms. The van der Waals surface area contributed by atoms with E-state index in [0.717, 1.165) is 10.7 Å². The Hall–Kier alpha value is -3.94.